The van der Waals surface area contributed by atoms with Crippen molar-refractivity contribution in [3.05, 3.63) is 105 Å². The van der Waals surface area contributed by atoms with Crippen LogP contribution in [-0.4, -0.2) is 34.6 Å². The van der Waals surface area contributed by atoms with E-state index < -0.39 is 6.04 Å². The first-order valence-electron chi connectivity index (χ1n) is 13.1. The summed E-state index contributed by atoms with van der Waals surface area (Å²) >= 11 is 14.2. The minimum Gasteiger partial charge on any atom is -0.352 e. The van der Waals surface area contributed by atoms with Gasteiger partial charge >= 0.3 is 0 Å². The van der Waals surface area contributed by atoms with Crippen LogP contribution in [0, 0.1) is 6.92 Å². The third-order valence-electron chi connectivity index (χ3n) is 6.94. The van der Waals surface area contributed by atoms with E-state index in [1.54, 1.807) is 28.8 Å². The molecule has 0 heterocycles. The minimum atomic E-state index is -0.655. The van der Waals surface area contributed by atoms with Gasteiger partial charge in [-0.1, -0.05) is 102 Å². The van der Waals surface area contributed by atoms with Gasteiger partial charge in [-0.3, -0.25) is 9.59 Å². The highest BCUT2D eigenvalue weighted by atomic mass is 35.5. The van der Waals surface area contributed by atoms with Gasteiger partial charge in [0.15, 0.2) is 0 Å². The number of nitrogens with one attached hydrogen (secondary N) is 1. The van der Waals surface area contributed by atoms with Crippen LogP contribution < -0.4 is 5.32 Å². The predicted octanol–water partition coefficient (Wildman–Crippen LogP) is 7.23. The molecule has 4 nitrogen and oxygen atoms in total. The fourth-order valence-corrected chi connectivity index (χ4v) is 6.12. The normalized spacial score (nSPS) is 14.3. The molecule has 0 bridgehead atoms. The number of hydrogen-bond acceptors (Lipinski definition) is 3. The lowest BCUT2D eigenvalue weighted by atomic mass is 10.0. The van der Waals surface area contributed by atoms with Crippen molar-refractivity contribution in [2.24, 2.45) is 0 Å². The number of amides is 2. The summed E-state index contributed by atoms with van der Waals surface area (Å²) in [6, 6.07) is 23.0. The molecule has 4 rings (SSSR count). The molecule has 3 aromatic carbocycles. The van der Waals surface area contributed by atoms with Crippen molar-refractivity contribution in [1.82, 2.24) is 10.2 Å². The monoisotopic (exact) mass is 568 g/mol. The van der Waals surface area contributed by atoms with E-state index in [9.17, 15) is 9.59 Å². The van der Waals surface area contributed by atoms with Crippen molar-refractivity contribution >= 4 is 46.8 Å². The molecule has 0 unspecified atom stereocenters. The van der Waals surface area contributed by atoms with Crippen molar-refractivity contribution in [3.63, 3.8) is 0 Å². The van der Waals surface area contributed by atoms with E-state index in [2.05, 4.69) is 36.5 Å². The van der Waals surface area contributed by atoms with Crippen LogP contribution in [-0.2, 0) is 28.3 Å². The minimum absolute atomic E-state index is 0.0874. The molecule has 0 radical (unpaired) electrons. The summed E-state index contributed by atoms with van der Waals surface area (Å²) in [5.41, 5.74) is 4.14. The fraction of sp³-hybridized carbons (Fsp3) is 0.355. The number of rotatable bonds is 11. The van der Waals surface area contributed by atoms with Crippen molar-refractivity contribution < 1.29 is 9.59 Å². The zero-order valence-electron chi connectivity index (χ0n) is 21.7. The van der Waals surface area contributed by atoms with Crippen LogP contribution in [0.15, 0.2) is 72.8 Å². The smallest absolute Gasteiger partial charge is 0.243 e. The summed E-state index contributed by atoms with van der Waals surface area (Å²) in [6.45, 7) is 2.29. The van der Waals surface area contributed by atoms with Crippen molar-refractivity contribution in [1.29, 1.82) is 0 Å². The molecular formula is C31H34Cl2N2O2S. The molecule has 1 fully saturated rings. The molecule has 1 saturated carbocycles. The Morgan fingerprint density at radius 2 is 1.68 bits per heavy atom. The topological polar surface area (TPSA) is 49.4 Å². The molecular weight excluding hydrogens is 535 g/mol. The van der Waals surface area contributed by atoms with Gasteiger partial charge in [0.05, 0.1) is 5.75 Å². The molecule has 3 aromatic rings. The van der Waals surface area contributed by atoms with Crippen LogP contribution in [0.25, 0.3) is 0 Å². The van der Waals surface area contributed by atoms with Crippen LogP contribution in [0.4, 0.5) is 0 Å². The molecule has 2 amide bonds. The summed E-state index contributed by atoms with van der Waals surface area (Å²) < 4.78 is 0. The molecule has 1 N–H and O–H groups in total. The molecule has 1 aliphatic carbocycles. The number of aryl methyl sites for hydroxylation is 1. The first-order chi connectivity index (χ1) is 18.4. The van der Waals surface area contributed by atoms with E-state index >= 15 is 0 Å². The Balaban J connectivity index is 1.58. The van der Waals surface area contributed by atoms with Crippen LogP contribution in [0.5, 0.6) is 0 Å². The lowest BCUT2D eigenvalue weighted by Crippen LogP contribution is -2.52. The van der Waals surface area contributed by atoms with Gasteiger partial charge in [0.1, 0.15) is 6.04 Å². The lowest BCUT2D eigenvalue weighted by molar-refractivity contribution is -0.139. The van der Waals surface area contributed by atoms with Gasteiger partial charge in [-0.25, -0.2) is 0 Å². The zero-order chi connectivity index (χ0) is 26.9. The van der Waals surface area contributed by atoms with Gasteiger partial charge in [-0.05, 0) is 48.6 Å². The highest BCUT2D eigenvalue weighted by molar-refractivity contribution is 7.99. The molecule has 1 atom stereocenters. The SMILES string of the molecule is Cc1ccc(CSCC(=O)N(Cc2ccc(Cl)cc2Cl)[C@H](Cc2ccccc2)C(=O)NC2CCCC2)cc1. The van der Waals surface area contributed by atoms with E-state index in [0.29, 0.717) is 16.5 Å². The molecule has 200 valence electrons. The number of benzene rings is 3. The summed E-state index contributed by atoms with van der Waals surface area (Å²) in [7, 11) is 0. The number of hydrogen-bond donors (Lipinski definition) is 1. The Morgan fingerprint density at radius 1 is 0.974 bits per heavy atom. The Labute approximate surface area is 240 Å². The van der Waals surface area contributed by atoms with E-state index in [1.807, 2.05) is 36.4 Å². The molecule has 0 spiro atoms. The second kappa shape index (κ2) is 14.1. The van der Waals surface area contributed by atoms with Gasteiger partial charge in [-0.15, -0.1) is 11.8 Å². The number of thioether (sulfide) groups is 1. The average Bonchev–Trinajstić information content (AvgIpc) is 3.42. The summed E-state index contributed by atoms with van der Waals surface area (Å²) in [5.74, 6) is 0.790. The van der Waals surface area contributed by atoms with Crippen LogP contribution in [0.1, 0.15) is 47.9 Å². The van der Waals surface area contributed by atoms with Gasteiger partial charge in [0, 0.05) is 34.8 Å². The molecule has 7 heteroatoms. The lowest BCUT2D eigenvalue weighted by Gasteiger charge is -2.32. The van der Waals surface area contributed by atoms with E-state index in [4.69, 9.17) is 23.2 Å². The van der Waals surface area contributed by atoms with Crippen LogP contribution in [0.2, 0.25) is 10.0 Å². The highest BCUT2D eigenvalue weighted by Gasteiger charge is 2.32. The third kappa shape index (κ3) is 8.26. The van der Waals surface area contributed by atoms with Gasteiger partial charge in [0.25, 0.3) is 0 Å². The second-order valence-corrected chi connectivity index (χ2v) is 11.8. The zero-order valence-corrected chi connectivity index (χ0v) is 24.0. The number of carbonyl (C=O) groups is 2. The molecule has 1 aliphatic rings. The number of carbonyl (C=O) groups excluding carboxylic acids is 2. The fourth-order valence-electron chi connectivity index (χ4n) is 4.78. The van der Waals surface area contributed by atoms with Crippen molar-refractivity contribution in [3.8, 4) is 0 Å². The molecule has 0 aliphatic heterocycles. The average molecular weight is 570 g/mol. The van der Waals surface area contributed by atoms with Gasteiger partial charge < -0.3 is 10.2 Å². The maximum absolute atomic E-state index is 13.8. The van der Waals surface area contributed by atoms with Crippen molar-refractivity contribution in [2.45, 2.75) is 63.4 Å². The van der Waals surface area contributed by atoms with Crippen LogP contribution in [0.3, 0.4) is 0 Å². The Hall–Kier alpha value is -2.47. The quantitative estimate of drug-likeness (QED) is 0.265. The Bertz CT molecular complexity index is 1210. The number of nitrogens with zero attached hydrogens (tertiary/aromatic N) is 1. The van der Waals surface area contributed by atoms with E-state index in [-0.39, 0.29) is 30.2 Å². The summed E-state index contributed by atoms with van der Waals surface area (Å²) in [6.07, 6.45) is 4.62. The van der Waals surface area contributed by atoms with E-state index in [1.165, 1.54) is 11.1 Å². The van der Waals surface area contributed by atoms with Crippen molar-refractivity contribution in [2.75, 3.05) is 5.75 Å². The molecule has 38 heavy (non-hydrogen) atoms. The van der Waals surface area contributed by atoms with Gasteiger partial charge in [0.2, 0.25) is 11.8 Å². The Morgan fingerprint density at radius 3 is 2.37 bits per heavy atom. The summed E-state index contributed by atoms with van der Waals surface area (Å²) in [5, 5.41) is 4.25. The van der Waals surface area contributed by atoms with E-state index in [0.717, 1.165) is 42.6 Å². The molecule has 0 saturated heterocycles. The number of halogens is 2. The predicted molar refractivity (Wildman–Crippen MR) is 159 cm³/mol. The first kappa shape index (κ1) is 28.5. The Kier molecular flexibility index (Phi) is 10.6. The van der Waals surface area contributed by atoms with Gasteiger partial charge in [-0.2, -0.15) is 0 Å². The molecule has 0 aromatic heterocycles. The highest BCUT2D eigenvalue weighted by Crippen LogP contribution is 2.26. The first-order valence-corrected chi connectivity index (χ1v) is 15.0. The van der Waals surface area contributed by atoms with Crippen LogP contribution >= 0.6 is 35.0 Å². The second-order valence-electron chi connectivity index (χ2n) is 9.93. The maximum Gasteiger partial charge on any atom is 0.243 e. The standard InChI is InChI=1S/C31H34Cl2N2O2S/c1-22-11-13-24(14-12-22)20-38-21-30(36)35(19-25-15-16-26(32)18-28(25)33)29(17-23-7-3-2-4-8-23)31(37)34-27-9-5-6-10-27/h2-4,7-8,11-16,18,27,29H,5-6,9-10,17,19-21H2,1H3,(H,34,37)/t29-/m1/s1. The largest absolute Gasteiger partial charge is 0.352 e. The third-order valence-corrected chi connectivity index (χ3v) is 8.52. The summed E-state index contributed by atoms with van der Waals surface area (Å²) in [4.78, 5) is 29.2. The maximum atomic E-state index is 13.8.